The van der Waals surface area contributed by atoms with E-state index in [1.54, 1.807) is 0 Å². The molecule has 0 heterocycles. The Morgan fingerprint density at radius 3 is 2.52 bits per heavy atom. The molecule has 4 atom stereocenters. The van der Waals surface area contributed by atoms with Crippen LogP contribution < -0.4 is 5.32 Å². The van der Waals surface area contributed by atoms with E-state index in [0.717, 1.165) is 13.0 Å². The molecule has 6 nitrogen and oxygen atoms in total. The third-order valence-electron chi connectivity index (χ3n) is 4.28. The van der Waals surface area contributed by atoms with E-state index >= 15 is 0 Å². The zero-order valence-corrected chi connectivity index (χ0v) is 12.6. The lowest BCUT2D eigenvalue weighted by Crippen LogP contribution is -2.41. The van der Waals surface area contributed by atoms with Crippen molar-refractivity contribution in [3.05, 3.63) is 12.2 Å². The lowest BCUT2D eigenvalue weighted by Gasteiger charge is -2.23. The van der Waals surface area contributed by atoms with Crippen molar-refractivity contribution in [3.63, 3.8) is 0 Å². The minimum Gasteiger partial charge on any atom is -0.481 e. The molecule has 2 N–H and O–H groups in total. The highest BCUT2D eigenvalue weighted by Crippen LogP contribution is 2.48. The van der Waals surface area contributed by atoms with Crippen LogP contribution in [0.2, 0.25) is 0 Å². The van der Waals surface area contributed by atoms with E-state index in [0.29, 0.717) is 19.8 Å². The summed E-state index contributed by atoms with van der Waals surface area (Å²) in [5, 5.41) is 12.1. The van der Waals surface area contributed by atoms with Gasteiger partial charge in [0.15, 0.2) is 0 Å². The molecule has 0 aromatic carbocycles. The van der Waals surface area contributed by atoms with Crippen LogP contribution in [0.4, 0.5) is 0 Å². The molecule has 21 heavy (non-hydrogen) atoms. The highest BCUT2D eigenvalue weighted by atomic mass is 16.5. The van der Waals surface area contributed by atoms with Crippen molar-refractivity contribution in [3.8, 4) is 0 Å². The van der Waals surface area contributed by atoms with Gasteiger partial charge in [0.2, 0.25) is 5.91 Å². The third-order valence-corrected chi connectivity index (χ3v) is 4.28. The molecule has 0 aromatic rings. The summed E-state index contributed by atoms with van der Waals surface area (Å²) in [6, 6.07) is 0. The molecule has 1 amide bonds. The van der Waals surface area contributed by atoms with Gasteiger partial charge in [0, 0.05) is 13.1 Å². The van der Waals surface area contributed by atoms with E-state index in [-0.39, 0.29) is 17.7 Å². The van der Waals surface area contributed by atoms with Crippen LogP contribution in [0.25, 0.3) is 0 Å². The summed E-state index contributed by atoms with van der Waals surface area (Å²) in [4.78, 5) is 25.6. The zero-order valence-electron chi connectivity index (χ0n) is 12.6. The molecule has 1 fully saturated rings. The van der Waals surface area contributed by atoms with Crippen LogP contribution in [0.15, 0.2) is 12.2 Å². The summed E-state index contributed by atoms with van der Waals surface area (Å²) >= 11 is 0. The fraction of sp³-hybridized carbons (Fsp3) is 0.733. The van der Waals surface area contributed by atoms with Gasteiger partial charge in [0.25, 0.3) is 0 Å². The van der Waals surface area contributed by atoms with Gasteiger partial charge >= 0.3 is 5.97 Å². The number of nitrogens with one attached hydrogen (secondary N) is 1. The Balaban J connectivity index is 1.73. The molecule has 0 aliphatic heterocycles. The van der Waals surface area contributed by atoms with E-state index in [1.807, 2.05) is 31.1 Å². The number of carbonyl (C=O) groups excluding carboxylic acids is 1. The highest BCUT2D eigenvalue weighted by Gasteiger charge is 2.51. The maximum Gasteiger partial charge on any atom is 0.307 e. The molecular weight excluding hydrogens is 272 g/mol. The normalized spacial score (nSPS) is 30.0. The lowest BCUT2D eigenvalue weighted by molar-refractivity contribution is -0.147. The summed E-state index contributed by atoms with van der Waals surface area (Å²) < 4.78 is 5.41. The van der Waals surface area contributed by atoms with Crippen LogP contribution >= 0.6 is 0 Å². The number of nitrogens with zero attached hydrogens (tertiary/aromatic N) is 1. The van der Waals surface area contributed by atoms with E-state index in [2.05, 4.69) is 5.32 Å². The van der Waals surface area contributed by atoms with E-state index in [4.69, 9.17) is 4.74 Å². The summed E-state index contributed by atoms with van der Waals surface area (Å²) in [5.41, 5.74) is 0. The summed E-state index contributed by atoms with van der Waals surface area (Å²) in [6.45, 7) is 2.34. The minimum absolute atomic E-state index is 0.0135. The number of carbonyl (C=O) groups is 2. The SMILES string of the molecule is CN(C)CCOCCNC(=O)[C@H]1C2C=CC(C2)[C@H]1C(=O)O. The predicted octanol–water partition coefficient (Wildman–Crippen LogP) is 0.204. The number of ether oxygens (including phenoxy) is 1. The number of carboxylic acid groups (broad SMARTS) is 1. The van der Waals surface area contributed by atoms with Crippen molar-refractivity contribution in [1.29, 1.82) is 0 Å². The zero-order chi connectivity index (χ0) is 15.4. The second-order valence-electron chi connectivity index (χ2n) is 6.04. The van der Waals surface area contributed by atoms with Gasteiger partial charge < -0.3 is 20.1 Å². The van der Waals surface area contributed by atoms with Crippen molar-refractivity contribution in [2.24, 2.45) is 23.7 Å². The van der Waals surface area contributed by atoms with Crippen molar-refractivity contribution in [2.75, 3.05) is 40.4 Å². The van der Waals surface area contributed by atoms with Crippen LogP contribution in [-0.4, -0.2) is 62.3 Å². The summed E-state index contributed by atoms with van der Waals surface area (Å²) in [5.74, 6) is -1.94. The monoisotopic (exact) mass is 296 g/mol. The van der Waals surface area contributed by atoms with Gasteiger partial charge in [0.1, 0.15) is 0 Å². The van der Waals surface area contributed by atoms with Gasteiger partial charge in [-0.05, 0) is 32.4 Å². The Hall–Kier alpha value is -1.40. The van der Waals surface area contributed by atoms with Crippen LogP contribution in [0.3, 0.4) is 0 Å². The average Bonchev–Trinajstić information content (AvgIpc) is 3.02. The first-order chi connectivity index (χ1) is 10.0. The smallest absolute Gasteiger partial charge is 0.307 e. The fourth-order valence-corrected chi connectivity index (χ4v) is 3.23. The molecule has 118 valence electrons. The number of likely N-dealkylation sites (N-methyl/N-ethyl adjacent to an activating group) is 1. The molecule has 2 unspecified atom stereocenters. The summed E-state index contributed by atoms with van der Waals surface area (Å²) in [7, 11) is 3.94. The third kappa shape index (κ3) is 3.83. The van der Waals surface area contributed by atoms with Crippen molar-refractivity contribution >= 4 is 11.9 Å². The first kappa shape index (κ1) is 16.0. The maximum atomic E-state index is 12.2. The van der Waals surface area contributed by atoms with Crippen LogP contribution in [0, 0.1) is 23.7 Å². The van der Waals surface area contributed by atoms with Crippen molar-refractivity contribution in [1.82, 2.24) is 10.2 Å². The number of amides is 1. The molecule has 0 saturated heterocycles. The first-order valence-electron chi connectivity index (χ1n) is 7.42. The topological polar surface area (TPSA) is 78.9 Å². The maximum absolute atomic E-state index is 12.2. The summed E-state index contributed by atoms with van der Waals surface area (Å²) in [6.07, 6.45) is 4.72. The van der Waals surface area contributed by atoms with Gasteiger partial charge in [-0.3, -0.25) is 9.59 Å². The molecule has 0 spiro atoms. The fourth-order valence-electron chi connectivity index (χ4n) is 3.23. The molecule has 1 saturated carbocycles. The first-order valence-corrected chi connectivity index (χ1v) is 7.42. The van der Waals surface area contributed by atoms with Crippen LogP contribution in [0.5, 0.6) is 0 Å². The standard InChI is InChI=1S/C15H24N2O4/c1-17(2)6-8-21-7-5-16-14(18)12-10-3-4-11(9-10)13(12)15(19)20/h3-4,10-13H,5-9H2,1-2H3,(H,16,18)(H,19,20)/t10?,11?,12-,13+/m0/s1. The molecule has 2 aliphatic rings. The van der Waals surface area contributed by atoms with Gasteiger partial charge in [-0.1, -0.05) is 12.2 Å². The van der Waals surface area contributed by atoms with Crippen LogP contribution in [0.1, 0.15) is 6.42 Å². The number of hydrogen-bond acceptors (Lipinski definition) is 4. The van der Waals surface area contributed by atoms with E-state index in [1.165, 1.54) is 0 Å². The van der Waals surface area contributed by atoms with Gasteiger partial charge in [-0.15, -0.1) is 0 Å². The Kier molecular flexibility index (Phi) is 5.36. The Labute approximate surface area is 125 Å². The van der Waals surface area contributed by atoms with E-state index < -0.39 is 17.8 Å². The Morgan fingerprint density at radius 2 is 1.90 bits per heavy atom. The average molecular weight is 296 g/mol. The van der Waals surface area contributed by atoms with Gasteiger partial charge in [0.05, 0.1) is 25.0 Å². The predicted molar refractivity (Wildman–Crippen MR) is 77.7 cm³/mol. The Bertz CT molecular complexity index is 422. The minimum atomic E-state index is -0.866. The van der Waals surface area contributed by atoms with Gasteiger partial charge in [-0.2, -0.15) is 0 Å². The number of aliphatic carboxylic acids is 1. The molecule has 0 aromatic heterocycles. The molecule has 0 radical (unpaired) electrons. The number of carboxylic acids is 1. The largest absolute Gasteiger partial charge is 0.481 e. The Morgan fingerprint density at radius 1 is 1.24 bits per heavy atom. The second kappa shape index (κ2) is 7.04. The quantitative estimate of drug-likeness (QED) is 0.494. The number of fused-ring (bicyclic) bond motifs is 2. The highest BCUT2D eigenvalue weighted by molar-refractivity contribution is 5.86. The van der Waals surface area contributed by atoms with Crippen LogP contribution in [-0.2, 0) is 14.3 Å². The molecule has 6 heteroatoms. The van der Waals surface area contributed by atoms with Crippen molar-refractivity contribution in [2.45, 2.75) is 6.42 Å². The molecule has 2 aliphatic carbocycles. The van der Waals surface area contributed by atoms with Crippen molar-refractivity contribution < 1.29 is 19.4 Å². The van der Waals surface area contributed by atoms with Gasteiger partial charge in [-0.25, -0.2) is 0 Å². The number of allylic oxidation sites excluding steroid dienone is 2. The van der Waals surface area contributed by atoms with E-state index in [9.17, 15) is 14.7 Å². The molecule has 2 rings (SSSR count). The number of rotatable bonds is 8. The molecule has 2 bridgehead atoms. The lowest BCUT2D eigenvalue weighted by atomic mass is 9.82. The second-order valence-corrected chi connectivity index (χ2v) is 6.04. The molecular formula is C15H24N2O4. The number of hydrogen-bond donors (Lipinski definition) is 2.